The Morgan fingerprint density at radius 2 is 1.92 bits per heavy atom. The minimum atomic E-state index is -4.71. The summed E-state index contributed by atoms with van der Waals surface area (Å²) in [6.45, 7) is 5.56. The van der Waals surface area contributed by atoms with E-state index in [0.717, 1.165) is 0 Å². The number of hydrogen-bond donors (Lipinski definition) is 1. The normalized spacial score (nSPS) is 20.3. The number of pyridine rings is 2. The van der Waals surface area contributed by atoms with E-state index in [4.69, 9.17) is 4.74 Å². The first kappa shape index (κ1) is 25.4. The van der Waals surface area contributed by atoms with Gasteiger partial charge in [0.2, 0.25) is 0 Å². The van der Waals surface area contributed by atoms with Crippen molar-refractivity contribution < 1.29 is 27.1 Å². The summed E-state index contributed by atoms with van der Waals surface area (Å²) < 4.78 is 58.8. The second-order valence-corrected chi connectivity index (χ2v) is 8.53. The van der Waals surface area contributed by atoms with Gasteiger partial charge in [-0.3, -0.25) is 4.79 Å². The summed E-state index contributed by atoms with van der Waals surface area (Å²) in [5, 5.41) is 2.73. The molecule has 1 aliphatic rings. The van der Waals surface area contributed by atoms with Gasteiger partial charge in [0, 0.05) is 37.4 Å². The lowest BCUT2D eigenvalue weighted by molar-refractivity contribution is -0.138. The molecular formula is C24H24F4N6O2. The van der Waals surface area contributed by atoms with Crippen LogP contribution in [0.15, 0.2) is 42.9 Å². The van der Waals surface area contributed by atoms with Gasteiger partial charge in [0.05, 0.1) is 29.4 Å². The maximum atomic E-state index is 14.3. The maximum absolute atomic E-state index is 14.3. The number of morpholine rings is 1. The van der Waals surface area contributed by atoms with Crippen molar-refractivity contribution in [2.24, 2.45) is 0 Å². The summed E-state index contributed by atoms with van der Waals surface area (Å²) in [5.41, 5.74) is 0.0521. The van der Waals surface area contributed by atoms with Crippen LogP contribution in [0.3, 0.4) is 0 Å². The molecule has 0 saturated carbocycles. The highest BCUT2D eigenvalue weighted by Crippen LogP contribution is 2.30. The molecular weight excluding hydrogens is 480 g/mol. The number of ether oxygens (including phenoxy) is 1. The molecule has 0 aliphatic carbocycles. The topological polar surface area (TPSA) is 93.1 Å². The summed E-state index contributed by atoms with van der Waals surface area (Å²) in [7, 11) is 0. The number of carbonyl (C=O) groups is 1. The van der Waals surface area contributed by atoms with E-state index in [1.165, 1.54) is 0 Å². The number of amides is 1. The van der Waals surface area contributed by atoms with E-state index >= 15 is 0 Å². The zero-order chi connectivity index (χ0) is 26.0. The van der Waals surface area contributed by atoms with Crippen molar-refractivity contribution in [3.05, 3.63) is 65.6 Å². The molecule has 1 saturated heterocycles. The van der Waals surface area contributed by atoms with E-state index in [9.17, 15) is 22.4 Å². The Kier molecular flexibility index (Phi) is 7.16. The Hall–Kier alpha value is -3.67. The van der Waals surface area contributed by atoms with E-state index < -0.39 is 35.6 Å². The molecule has 3 atom stereocenters. The monoisotopic (exact) mass is 504 g/mol. The van der Waals surface area contributed by atoms with Gasteiger partial charge in [-0.2, -0.15) is 13.2 Å². The van der Waals surface area contributed by atoms with Gasteiger partial charge in [0.25, 0.3) is 5.91 Å². The predicted octanol–water partition coefficient (Wildman–Crippen LogP) is 4.13. The van der Waals surface area contributed by atoms with Crippen LogP contribution >= 0.6 is 0 Å². The molecule has 3 aromatic rings. The third-order valence-electron chi connectivity index (χ3n) is 5.79. The van der Waals surface area contributed by atoms with Crippen LogP contribution in [-0.4, -0.2) is 62.1 Å². The lowest BCUT2D eigenvalue weighted by atomic mass is 10.0. The molecule has 1 N–H and O–H groups in total. The third-order valence-corrected chi connectivity index (χ3v) is 5.79. The van der Waals surface area contributed by atoms with Crippen molar-refractivity contribution in [2.45, 2.75) is 45.2 Å². The summed E-state index contributed by atoms with van der Waals surface area (Å²) in [6.07, 6.45) is -1.79. The highest BCUT2D eigenvalue weighted by Gasteiger charge is 2.38. The summed E-state index contributed by atoms with van der Waals surface area (Å²) in [6, 6.07) is 4.93. The number of aromatic nitrogens is 4. The second-order valence-electron chi connectivity index (χ2n) is 8.53. The highest BCUT2D eigenvalue weighted by molar-refractivity contribution is 5.98. The fraction of sp³-hybridized carbons (Fsp3) is 0.375. The molecule has 36 heavy (non-hydrogen) atoms. The number of aryl methyl sites for hydroxylation is 1. The van der Waals surface area contributed by atoms with Gasteiger partial charge in [-0.05, 0) is 45.0 Å². The lowest BCUT2D eigenvalue weighted by Gasteiger charge is -2.43. The quantitative estimate of drug-likeness (QED) is 0.523. The number of nitrogens with zero attached hydrogens (tertiary/aromatic N) is 5. The van der Waals surface area contributed by atoms with Crippen LogP contribution in [-0.2, 0) is 10.9 Å². The molecule has 0 spiro atoms. The third kappa shape index (κ3) is 5.43. The number of nitrogens with one attached hydrogen (secondary N) is 1. The summed E-state index contributed by atoms with van der Waals surface area (Å²) >= 11 is 0. The molecule has 3 aromatic heterocycles. The van der Waals surface area contributed by atoms with Crippen LogP contribution in [0.25, 0.3) is 11.4 Å². The molecule has 4 heterocycles. The average molecular weight is 504 g/mol. The van der Waals surface area contributed by atoms with Gasteiger partial charge >= 0.3 is 6.18 Å². The average Bonchev–Trinajstić information content (AvgIpc) is 2.83. The first-order valence-electron chi connectivity index (χ1n) is 11.2. The zero-order valence-corrected chi connectivity index (χ0v) is 19.8. The zero-order valence-electron chi connectivity index (χ0n) is 19.8. The van der Waals surface area contributed by atoms with Crippen LogP contribution < -0.4 is 5.32 Å². The van der Waals surface area contributed by atoms with Gasteiger partial charge in [-0.15, -0.1) is 0 Å². The van der Waals surface area contributed by atoms with Crippen molar-refractivity contribution in [3.8, 4) is 11.4 Å². The molecule has 0 bridgehead atoms. The van der Waals surface area contributed by atoms with E-state index in [0.29, 0.717) is 29.3 Å². The number of halogens is 4. The lowest BCUT2D eigenvalue weighted by Crippen LogP contribution is -2.58. The molecule has 1 fully saturated rings. The fourth-order valence-electron chi connectivity index (χ4n) is 4.07. The van der Waals surface area contributed by atoms with Crippen molar-refractivity contribution >= 4 is 11.7 Å². The minimum absolute atomic E-state index is 0.0160. The van der Waals surface area contributed by atoms with Crippen LogP contribution in [0, 0.1) is 12.7 Å². The largest absolute Gasteiger partial charge is 0.417 e. The van der Waals surface area contributed by atoms with Crippen LogP contribution in [0.1, 0.15) is 35.6 Å². The molecule has 1 amide bonds. The molecule has 12 heteroatoms. The standard InChI is InChI=1S/C24H24F4N6O2/c1-13-5-6-17(21-29-7-4-8-30-21)20(33-13)23(35)34-12-14(2)36-15(3)19(34)11-32-22-18(25)9-16(10-31-22)24(26,27)28/h4-10,14-15,19H,11-12H2,1-3H3,(H,31,32)/t14-,15+,19-/m1/s1. The second kappa shape index (κ2) is 10.1. The number of rotatable bonds is 5. The van der Waals surface area contributed by atoms with Crippen molar-refractivity contribution in [2.75, 3.05) is 18.4 Å². The van der Waals surface area contributed by atoms with Crippen LogP contribution in [0.4, 0.5) is 23.4 Å². The van der Waals surface area contributed by atoms with Gasteiger partial charge in [-0.25, -0.2) is 24.3 Å². The molecule has 1 aliphatic heterocycles. The Morgan fingerprint density at radius 3 is 2.58 bits per heavy atom. The van der Waals surface area contributed by atoms with E-state index in [-0.39, 0.29) is 30.7 Å². The van der Waals surface area contributed by atoms with Gasteiger partial charge in [-0.1, -0.05) is 0 Å². The fourth-order valence-corrected chi connectivity index (χ4v) is 4.07. The Bertz CT molecular complexity index is 1240. The summed E-state index contributed by atoms with van der Waals surface area (Å²) in [4.78, 5) is 31.9. The number of anilines is 1. The van der Waals surface area contributed by atoms with Crippen molar-refractivity contribution in [1.29, 1.82) is 0 Å². The molecule has 0 radical (unpaired) electrons. The predicted molar refractivity (Wildman–Crippen MR) is 123 cm³/mol. The first-order valence-corrected chi connectivity index (χ1v) is 11.2. The van der Waals surface area contributed by atoms with Gasteiger partial charge < -0.3 is 15.0 Å². The number of carbonyl (C=O) groups excluding carboxylic acids is 1. The minimum Gasteiger partial charge on any atom is -0.372 e. The van der Waals surface area contributed by atoms with Gasteiger partial charge in [0.1, 0.15) is 5.69 Å². The van der Waals surface area contributed by atoms with E-state index in [1.807, 2.05) is 6.92 Å². The molecule has 190 valence electrons. The first-order chi connectivity index (χ1) is 17.0. The smallest absolute Gasteiger partial charge is 0.372 e. The van der Waals surface area contributed by atoms with Gasteiger partial charge in [0.15, 0.2) is 17.5 Å². The number of hydrogen-bond acceptors (Lipinski definition) is 7. The molecule has 0 unspecified atom stereocenters. The summed E-state index contributed by atoms with van der Waals surface area (Å²) in [5.74, 6) is -1.55. The number of alkyl halides is 3. The Balaban J connectivity index is 1.62. The highest BCUT2D eigenvalue weighted by atomic mass is 19.4. The maximum Gasteiger partial charge on any atom is 0.417 e. The molecule has 4 rings (SSSR count). The van der Waals surface area contributed by atoms with E-state index in [1.54, 1.807) is 49.3 Å². The van der Waals surface area contributed by atoms with Crippen LogP contribution in [0.5, 0.6) is 0 Å². The van der Waals surface area contributed by atoms with Crippen LogP contribution in [0.2, 0.25) is 0 Å². The molecule has 0 aromatic carbocycles. The van der Waals surface area contributed by atoms with Crippen molar-refractivity contribution in [3.63, 3.8) is 0 Å². The van der Waals surface area contributed by atoms with E-state index in [2.05, 4.69) is 25.3 Å². The Labute approximate surface area is 204 Å². The molecule has 8 nitrogen and oxygen atoms in total. The van der Waals surface area contributed by atoms with Crippen molar-refractivity contribution in [1.82, 2.24) is 24.8 Å². The SMILES string of the molecule is Cc1ccc(-c2ncccn2)c(C(=O)N2C[C@@H](C)O[C@@H](C)[C@H]2CNc2ncc(C(F)(F)F)cc2F)n1. The Morgan fingerprint density at radius 1 is 1.19 bits per heavy atom.